The maximum absolute atomic E-state index is 13.2. The Morgan fingerprint density at radius 3 is 2.63 bits per heavy atom. The van der Waals surface area contributed by atoms with Crippen molar-refractivity contribution in [1.29, 1.82) is 0 Å². The van der Waals surface area contributed by atoms with E-state index >= 15 is 0 Å². The van der Waals surface area contributed by atoms with Crippen molar-refractivity contribution in [2.75, 3.05) is 18.4 Å². The van der Waals surface area contributed by atoms with Gasteiger partial charge in [-0.1, -0.05) is 41.4 Å². The van der Waals surface area contributed by atoms with Crippen LogP contribution in [-0.2, 0) is 9.59 Å². The number of amides is 4. The SMILES string of the molecule is CCCCN1C(=O)C2Oc3ccccc3C2=[N+](CC(=O)Nc2ccc(Br)cc2)C1=O. The first kappa shape index (κ1) is 20.3. The number of carbonyl (C=O) groups is 3. The summed E-state index contributed by atoms with van der Waals surface area (Å²) < 4.78 is 8.13. The largest absolute Gasteiger partial charge is 0.501 e. The molecule has 2 heterocycles. The summed E-state index contributed by atoms with van der Waals surface area (Å²) in [6.07, 6.45) is 0.604. The fraction of sp³-hybridized carbons (Fsp3) is 0.273. The third-order valence-electron chi connectivity index (χ3n) is 5.06. The molecule has 1 N–H and O–H groups in total. The van der Waals surface area contributed by atoms with Crippen LogP contribution in [0.1, 0.15) is 25.3 Å². The number of ether oxygens (including phenoxy) is 1. The third kappa shape index (κ3) is 3.75. The van der Waals surface area contributed by atoms with Crippen LogP contribution in [0, 0.1) is 0 Å². The Kier molecular flexibility index (Phi) is 5.67. The molecular weight excluding hydrogens is 450 g/mol. The van der Waals surface area contributed by atoms with Crippen molar-refractivity contribution in [2.24, 2.45) is 0 Å². The number of urea groups is 1. The van der Waals surface area contributed by atoms with Crippen LogP contribution >= 0.6 is 15.9 Å². The standard InChI is InChI=1S/C22H20BrN3O4/c1-2-3-12-25-21(28)20-19(16-6-4-5-7-17(16)30-20)26(22(25)29)13-18(27)24-15-10-8-14(23)9-11-15/h4-11,20H,2-3,12-13H2,1H3/p+1. The average molecular weight is 471 g/mol. The maximum atomic E-state index is 13.2. The number of benzene rings is 2. The molecule has 0 aliphatic carbocycles. The van der Waals surface area contributed by atoms with Crippen molar-refractivity contribution in [3.05, 3.63) is 58.6 Å². The number of halogens is 1. The highest BCUT2D eigenvalue weighted by Crippen LogP contribution is 2.32. The lowest BCUT2D eigenvalue weighted by Crippen LogP contribution is -2.58. The molecule has 4 rings (SSSR count). The van der Waals surface area contributed by atoms with E-state index in [1.54, 1.807) is 24.3 Å². The van der Waals surface area contributed by atoms with Crippen LogP contribution in [0.3, 0.4) is 0 Å². The van der Waals surface area contributed by atoms with E-state index in [9.17, 15) is 14.4 Å². The first-order valence-corrected chi connectivity index (χ1v) is 10.6. The van der Waals surface area contributed by atoms with Gasteiger partial charge in [-0.05, 0) is 42.8 Å². The van der Waals surface area contributed by atoms with Gasteiger partial charge in [-0.15, -0.1) is 0 Å². The van der Waals surface area contributed by atoms with Gasteiger partial charge >= 0.3 is 11.9 Å². The van der Waals surface area contributed by atoms with E-state index < -0.39 is 12.1 Å². The van der Waals surface area contributed by atoms with Gasteiger partial charge in [0, 0.05) is 10.2 Å². The molecular formula is C22H21BrN3O4+. The van der Waals surface area contributed by atoms with Crippen molar-refractivity contribution in [2.45, 2.75) is 25.9 Å². The number of imide groups is 1. The molecule has 30 heavy (non-hydrogen) atoms. The van der Waals surface area contributed by atoms with Gasteiger partial charge in [0.2, 0.25) is 0 Å². The molecule has 0 bridgehead atoms. The van der Waals surface area contributed by atoms with E-state index in [2.05, 4.69) is 21.2 Å². The van der Waals surface area contributed by atoms with Crippen molar-refractivity contribution in [3.8, 4) is 5.75 Å². The number of hydrogen-bond acceptors (Lipinski definition) is 4. The summed E-state index contributed by atoms with van der Waals surface area (Å²) in [4.78, 5) is 40.1. The molecule has 2 aliphatic heterocycles. The van der Waals surface area contributed by atoms with Gasteiger partial charge in [0.05, 0.1) is 12.1 Å². The van der Waals surface area contributed by atoms with Crippen LogP contribution in [0.25, 0.3) is 0 Å². The zero-order valence-corrected chi connectivity index (χ0v) is 18.0. The van der Waals surface area contributed by atoms with Crippen molar-refractivity contribution >= 4 is 45.2 Å². The van der Waals surface area contributed by atoms with Crippen LogP contribution in [0.2, 0.25) is 0 Å². The Balaban J connectivity index is 1.68. The number of nitrogens with one attached hydrogen (secondary N) is 1. The average Bonchev–Trinajstić information content (AvgIpc) is 3.13. The Labute approximate surface area is 182 Å². The topological polar surface area (TPSA) is 78.7 Å². The van der Waals surface area contributed by atoms with Gasteiger partial charge in [-0.3, -0.25) is 4.79 Å². The Morgan fingerprint density at radius 2 is 1.90 bits per heavy atom. The molecule has 1 unspecified atom stereocenters. The highest BCUT2D eigenvalue weighted by Gasteiger charge is 2.53. The predicted octanol–water partition coefficient (Wildman–Crippen LogP) is 3.41. The second kappa shape index (κ2) is 8.39. The smallest absolute Gasteiger partial charge is 0.469 e. The molecule has 2 aliphatic rings. The van der Waals surface area contributed by atoms with Gasteiger partial charge in [-0.25, -0.2) is 4.79 Å². The summed E-state index contributed by atoms with van der Waals surface area (Å²) in [5, 5.41) is 2.80. The van der Waals surface area contributed by atoms with Gasteiger partial charge in [-0.2, -0.15) is 14.3 Å². The number of carbonyl (C=O) groups excluding carboxylic acids is 3. The highest BCUT2D eigenvalue weighted by molar-refractivity contribution is 9.10. The van der Waals surface area contributed by atoms with Crippen LogP contribution in [0.5, 0.6) is 5.75 Å². The third-order valence-corrected chi connectivity index (χ3v) is 5.59. The van der Waals surface area contributed by atoms with E-state index in [0.29, 0.717) is 35.7 Å². The molecule has 154 valence electrons. The summed E-state index contributed by atoms with van der Waals surface area (Å²) in [6.45, 7) is 2.07. The van der Waals surface area contributed by atoms with Crippen LogP contribution in [-0.4, -0.2) is 52.2 Å². The van der Waals surface area contributed by atoms with E-state index in [1.807, 2.05) is 31.2 Å². The summed E-state index contributed by atoms with van der Waals surface area (Å²) in [5.74, 6) is -0.204. The molecule has 1 atom stereocenters. The minimum Gasteiger partial charge on any atom is -0.469 e. The monoisotopic (exact) mass is 470 g/mol. The Morgan fingerprint density at radius 1 is 1.17 bits per heavy atom. The first-order valence-electron chi connectivity index (χ1n) is 9.80. The fourth-order valence-electron chi connectivity index (χ4n) is 3.60. The molecule has 2 aromatic carbocycles. The molecule has 0 aromatic heterocycles. The van der Waals surface area contributed by atoms with E-state index in [1.165, 1.54) is 9.48 Å². The zero-order chi connectivity index (χ0) is 21.3. The molecule has 7 nitrogen and oxygen atoms in total. The minimum absolute atomic E-state index is 0.214. The van der Waals surface area contributed by atoms with Gasteiger partial charge in [0.15, 0.2) is 12.3 Å². The van der Waals surface area contributed by atoms with Crippen molar-refractivity contribution < 1.29 is 23.7 Å². The van der Waals surface area contributed by atoms with Crippen molar-refractivity contribution in [3.63, 3.8) is 0 Å². The second-order valence-corrected chi connectivity index (χ2v) is 8.06. The number of rotatable bonds is 6. The fourth-order valence-corrected chi connectivity index (χ4v) is 3.86. The van der Waals surface area contributed by atoms with Gasteiger partial charge in [0.25, 0.3) is 12.0 Å². The molecule has 4 amide bonds. The lowest BCUT2D eigenvalue weighted by Gasteiger charge is -2.24. The zero-order valence-electron chi connectivity index (χ0n) is 16.4. The number of anilines is 1. The highest BCUT2D eigenvalue weighted by atomic mass is 79.9. The molecule has 0 saturated carbocycles. The number of fused-ring (bicyclic) bond motifs is 3. The first-order chi connectivity index (χ1) is 14.5. The number of unbranched alkanes of at least 4 members (excludes halogenated alkanes) is 1. The quantitative estimate of drug-likeness (QED) is 0.656. The van der Waals surface area contributed by atoms with Crippen LogP contribution in [0.4, 0.5) is 10.5 Å². The predicted molar refractivity (Wildman–Crippen MR) is 115 cm³/mol. The molecule has 0 radical (unpaired) electrons. The lowest BCUT2D eigenvalue weighted by molar-refractivity contribution is -0.428. The summed E-state index contributed by atoms with van der Waals surface area (Å²) in [6, 6.07) is 13.9. The maximum Gasteiger partial charge on any atom is 0.501 e. The van der Waals surface area contributed by atoms with Crippen LogP contribution in [0.15, 0.2) is 53.0 Å². The number of para-hydroxylation sites is 1. The minimum atomic E-state index is -0.919. The Bertz CT molecular complexity index is 1050. The van der Waals surface area contributed by atoms with Gasteiger partial charge < -0.3 is 10.1 Å². The summed E-state index contributed by atoms with van der Waals surface area (Å²) >= 11 is 3.36. The van der Waals surface area contributed by atoms with E-state index in [0.717, 1.165) is 10.9 Å². The second-order valence-electron chi connectivity index (χ2n) is 7.15. The molecule has 8 heteroatoms. The van der Waals surface area contributed by atoms with E-state index in [4.69, 9.17) is 4.74 Å². The molecule has 2 aromatic rings. The molecule has 0 fully saturated rings. The Hall–Kier alpha value is -3.00. The summed E-state index contributed by atoms with van der Waals surface area (Å²) in [5.41, 5.74) is 1.71. The van der Waals surface area contributed by atoms with Crippen LogP contribution < -0.4 is 10.1 Å². The van der Waals surface area contributed by atoms with E-state index in [-0.39, 0.29) is 18.4 Å². The number of hydrogen-bond donors (Lipinski definition) is 1. The van der Waals surface area contributed by atoms with Gasteiger partial charge in [0.1, 0.15) is 5.75 Å². The lowest BCUT2D eigenvalue weighted by atomic mass is 10.0. The molecule has 0 saturated heterocycles. The normalized spacial score (nSPS) is 17.5. The number of nitrogens with zero attached hydrogens (tertiary/aromatic N) is 2. The molecule has 0 spiro atoms. The summed E-state index contributed by atoms with van der Waals surface area (Å²) in [7, 11) is 0. The van der Waals surface area contributed by atoms with Crippen molar-refractivity contribution in [1.82, 2.24) is 4.90 Å².